The third-order valence-electron chi connectivity index (χ3n) is 3.28. The Balaban J connectivity index is 1.72. The van der Waals surface area contributed by atoms with Gasteiger partial charge < -0.3 is 4.57 Å². The van der Waals surface area contributed by atoms with Gasteiger partial charge >= 0.3 is 0 Å². The van der Waals surface area contributed by atoms with Crippen molar-refractivity contribution in [3.05, 3.63) is 78.6 Å². The topological polar surface area (TPSA) is 42.2 Å². The van der Waals surface area contributed by atoms with Crippen LogP contribution in [0.1, 0.15) is 12.5 Å². The van der Waals surface area contributed by atoms with Gasteiger partial charge in [0.15, 0.2) is 0 Å². The summed E-state index contributed by atoms with van der Waals surface area (Å²) in [7, 11) is 0. The Morgan fingerprint density at radius 3 is 2.45 bits per heavy atom. The number of hydrazone groups is 1. The average molecular weight is 294 g/mol. The van der Waals surface area contributed by atoms with Crippen LogP contribution >= 0.6 is 0 Å². The Kier molecular flexibility index (Phi) is 3.96. The Bertz CT molecular complexity index is 759. The van der Waals surface area contributed by atoms with Crippen molar-refractivity contribution in [2.24, 2.45) is 5.10 Å². The van der Waals surface area contributed by atoms with Crippen LogP contribution in [0, 0.1) is 5.82 Å². The smallest absolute Gasteiger partial charge is 0.123 e. The van der Waals surface area contributed by atoms with Gasteiger partial charge in [-0.3, -0.25) is 5.43 Å². The molecule has 1 N–H and O–H groups in total. The molecule has 110 valence electrons. The summed E-state index contributed by atoms with van der Waals surface area (Å²) in [5.41, 5.74) is 6.57. The Hall–Kier alpha value is -2.95. The van der Waals surface area contributed by atoms with Crippen molar-refractivity contribution in [3.63, 3.8) is 0 Å². The lowest BCUT2D eigenvalue weighted by Gasteiger charge is -2.06. The lowest BCUT2D eigenvalue weighted by molar-refractivity contribution is 0.628. The molecule has 2 aromatic carbocycles. The second-order valence-electron chi connectivity index (χ2n) is 4.83. The number of nitrogens with one attached hydrogen (secondary N) is 1. The van der Waals surface area contributed by atoms with Crippen LogP contribution in [-0.2, 0) is 0 Å². The number of rotatable bonds is 4. The summed E-state index contributed by atoms with van der Waals surface area (Å²) < 4.78 is 14.8. The summed E-state index contributed by atoms with van der Waals surface area (Å²) in [6, 6.07) is 14.1. The summed E-state index contributed by atoms with van der Waals surface area (Å²) >= 11 is 0. The van der Waals surface area contributed by atoms with Crippen molar-refractivity contribution in [1.82, 2.24) is 9.55 Å². The molecule has 1 aromatic heterocycles. The predicted octanol–water partition coefficient (Wildman–Crippen LogP) is 3.85. The number of nitrogens with zero attached hydrogens (tertiary/aromatic N) is 3. The molecule has 5 heteroatoms. The van der Waals surface area contributed by atoms with E-state index in [2.05, 4.69) is 15.5 Å². The van der Waals surface area contributed by atoms with Crippen LogP contribution in [0.2, 0.25) is 0 Å². The molecule has 0 fully saturated rings. The van der Waals surface area contributed by atoms with Gasteiger partial charge in [0.25, 0.3) is 0 Å². The van der Waals surface area contributed by atoms with Gasteiger partial charge in [-0.15, -0.1) is 0 Å². The van der Waals surface area contributed by atoms with Crippen molar-refractivity contribution in [3.8, 4) is 5.69 Å². The molecule has 1 heterocycles. The molecule has 0 aliphatic rings. The van der Waals surface area contributed by atoms with Crippen LogP contribution in [0.15, 0.2) is 72.4 Å². The summed E-state index contributed by atoms with van der Waals surface area (Å²) in [5, 5.41) is 4.31. The monoisotopic (exact) mass is 294 g/mol. The fourth-order valence-corrected chi connectivity index (χ4v) is 2.02. The van der Waals surface area contributed by atoms with Crippen molar-refractivity contribution in [2.45, 2.75) is 6.92 Å². The maximum absolute atomic E-state index is 12.8. The molecule has 0 unspecified atom stereocenters. The first kappa shape index (κ1) is 14.0. The molecule has 0 atom stereocenters. The van der Waals surface area contributed by atoms with Crippen molar-refractivity contribution in [1.29, 1.82) is 0 Å². The van der Waals surface area contributed by atoms with Crippen LogP contribution < -0.4 is 5.43 Å². The molecule has 0 aliphatic heterocycles. The molecular weight excluding hydrogens is 279 g/mol. The van der Waals surface area contributed by atoms with E-state index in [1.54, 1.807) is 24.7 Å². The molecule has 0 aliphatic carbocycles. The summed E-state index contributed by atoms with van der Waals surface area (Å²) in [4.78, 5) is 4.03. The largest absolute Gasteiger partial charge is 0.306 e. The number of benzene rings is 2. The van der Waals surface area contributed by atoms with Gasteiger partial charge in [-0.25, -0.2) is 9.37 Å². The fourth-order valence-electron chi connectivity index (χ4n) is 2.02. The van der Waals surface area contributed by atoms with E-state index in [9.17, 15) is 4.39 Å². The lowest BCUT2D eigenvalue weighted by Crippen LogP contribution is -2.00. The van der Waals surface area contributed by atoms with E-state index in [0.717, 1.165) is 22.6 Å². The standard InChI is InChI=1S/C17H15FN4/c1-13(20-21-16-6-4-15(18)5-7-16)14-2-8-17(9-3-14)22-11-10-19-12-22/h2-12,21H,1H3/b20-13+. The Morgan fingerprint density at radius 1 is 1.09 bits per heavy atom. The van der Waals surface area contributed by atoms with Crippen LogP contribution in [-0.4, -0.2) is 15.3 Å². The second-order valence-corrected chi connectivity index (χ2v) is 4.83. The van der Waals surface area contributed by atoms with E-state index in [1.165, 1.54) is 12.1 Å². The number of halogens is 1. The normalized spacial score (nSPS) is 11.5. The van der Waals surface area contributed by atoms with E-state index < -0.39 is 0 Å². The van der Waals surface area contributed by atoms with Gasteiger partial charge in [-0.05, 0) is 48.9 Å². The molecule has 0 amide bonds. The Morgan fingerprint density at radius 2 is 1.82 bits per heavy atom. The van der Waals surface area contributed by atoms with E-state index in [4.69, 9.17) is 0 Å². The highest BCUT2D eigenvalue weighted by atomic mass is 19.1. The minimum absolute atomic E-state index is 0.263. The van der Waals surface area contributed by atoms with E-state index >= 15 is 0 Å². The molecule has 0 saturated heterocycles. The highest BCUT2D eigenvalue weighted by Gasteiger charge is 2.00. The summed E-state index contributed by atoms with van der Waals surface area (Å²) in [5.74, 6) is -0.263. The molecule has 0 radical (unpaired) electrons. The average Bonchev–Trinajstić information content (AvgIpc) is 3.09. The number of hydrogen-bond acceptors (Lipinski definition) is 3. The zero-order valence-electron chi connectivity index (χ0n) is 12.1. The van der Waals surface area contributed by atoms with E-state index in [-0.39, 0.29) is 5.82 Å². The summed E-state index contributed by atoms with van der Waals surface area (Å²) in [6.07, 6.45) is 5.39. The Labute approximate surface area is 127 Å². The van der Waals surface area contributed by atoms with Gasteiger partial charge in [0.1, 0.15) is 5.82 Å². The fraction of sp³-hybridized carbons (Fsp3) is 0.0588. The van der Waals surface area contributed by atoms with Crippen LogP contribution in [0.5, 0.6) is 0 Å². The molecule has 3 rings (SSSR count). The van der Waals surface area contributed by atoms with Crippen molar-refractivity contribution < 1.29 is 4.39 Å². The summed E-state index contributed by atoms with van der Waals surface area (Å²) in [6.45, 7) is 1.92. The first-order chi connectivity index (χ1) is 10.7. The number of hydrogen-bond donors (Lipinski definition) is 1. The minimum atomic E-state index is -0.263. The van der Waals surface area contributed by atoms with E-state index in [0.29, 0.717) is 0 Å². The second kappa shape index (κ2) is 6.22. The zero-order valence-corrected chi connectivity index (χ0v) is 12.1. The predicted molar refractivity (Wildman–Crippen MR) is 85.8 cm³/mol. The van der Waals surface area contributed by atoms with E-state index in [1.807, 2.05) is 42.0 Å². The quantitative estimate of drug-likeness (QED) is 0.586. The molecular formula is C17H15FN4. The van der Waals surface area contributed by atoms with Crippen molar-refractivity contribution >= 4 is 11.4 Å². The third kappa shape index (κ3) is 3.20. The van der Waals surface area contributed by atoms with Gasteiger partial charge in [0.2, 0.25) is 0 Å². The molecule has 0 bridgehead atoms. The number of anilines is 1. The van der Waals surface area contributed by atoms with Crippen molar-refractivity contribution in [2.75, 3.05) is 5.43 Å². The van der Waals surface area contributed by atoms with Crippen LogP contribution in [0.4, 0.5) is 10.1 Å². The number of imidazole rings is 1. The first-order valence-corrected chi connectivity index (χ1v) is 6.87. The van der Waals surface area contributed by atoms with Gasteiger partial charge in [-0.2, -0.15) is 5.10 Å². The van der Waals surface area contributed by atoms with Crippen LogP contribution in [0.3, 0.4) is 0 Å². The first-order valence-electron chi connectivity index (χ1n) is 6.87. The molecule has 22 heavy (non-hydrogen) atoms. The highest BCUT2D eigenvalue weighted by molar-refractivity contribution is 5.99. The SMILES string of the molecule is C/C(=N\Nc1ccc(F)cc1)c1ccc(-n2ccnc2)cc1. The zero-order chi connectivity index (χ0) is 15.4. The lowest BCUT2D eigenvalue weighted by atomic mass is 10.1. The molecule has 4 nitrogen and oxygen atoms in total. The number of aromatic nitrogens is 2. The maximum Gasteiger partial charge on any atom is 0.123 e. The highest BCUT2D eigenvalue weighted by Crippen LogP contribution is 2.12. The van der Waals surface area contributed by atoms with Gasteiger partial charge in [0.05, 0.1) is 17.7 Å². The van der Waals surface area contributed by atoms with Gasteiger partial charge in [0, 0.05) is 18.1 Å². The third-order valence-corrected chi connectivity index (χ3v) is 3.28. The molecule has 0 saturated carbocycles. The molecule has 3 aromatic rings. The maximum atomic E-state index is 12.8. The minimum Gasteiger partial charge on any atom is -0.306 e. The molecule has 0 spiro atoms. The van der Waals surface area contributed by atoms with Crippen LogP contribution in [0.25, 0.3) is 5.69 Å². The van der Waals surface area contributed by atoms with Gasteiger partial charge in [-0.1, -0.05) is 12.1 Å².